The van der Waals surface area contributed by atoms with E-state index in [2.05, 4.69) is 25.2 Å². The SMILES string of the molecule is CCOc1cc(N2CCOCC2)c(OCC)cc1NC(=O)c1c(C(N)=O)ncn1-c1nc2ccccc2[nH]1. The number of H-pyrrole nitrogens is 1. The molecule has 38 heavy (non-hydrogen) atoms. The Morgan fingerprint density at radius 2 is 1.84 bits per heavy atom. The zero-order valence-electron chi connectivity index (χ0n) is 21.2. The third-order valence-electron chi connectivity index (χ3n) is 6.08. The van der Waals surface area contributed by atoms with Gasteiger partial charge in [-0.15, -0.1) is 0 Å². The molecule has 12 nitrogen and oxygen atoms in total. The zero-order valence-corrected chi connectivity index (χ0v) is 21.2. The van der Waals surface area contributed by atoms with E-state index in [9.17, 15) is 9.59 Å². The predicted octanol–water partition coefficient (Wildman–Crippen LogP) is 2.73. The van der Waals surface area contributed by atoms with Gasteiger partial charge in [-0.3, -0.25) is 14.2 Å². The molecule has 1 aliphatic rings. The number of carbonyl (C=O) groups excluding carboxylic acids is 2. The highest BCUT2D eigenvalue weighted by molar-refractivity contribution is 6.11. The minimum Gasteiger partial charge on any atom is -0.492 e. The Balaban J connectivity index is 1.55. The molecule has 1 aliphatic heterocycles. The second-order valence-electron chi connectivity index (χ2n) is 8.49. The van der Waals surface area contributed by atoms with Crippen LogP contribution in [0.5, 0.6) is 11.5 Å². The number of rotatable bonds is 9. The standard InChI is InChI=1S/C26H29N7O5/c1-3-37-20-14-19(32-9-11-36-12-10-32)21(38-4-2)13-18(20)29-25(35)23-22(24(27)34)28-15-33(23)26-30-16-7-5-6-8-17(16)31-26/h5-8,13-15H,3-4,9-12H2,1-2H3,(H2,27,34)(H,29,35)(H,30,31). The van der Waals surface area contributed by atoms with Crippen molar-refractivity contribution in [1.29, 1.82) is 0 Å². The molecule has 2 aromatic carbocycles. The van der Waals surface area contributed by atoms with E-state index in [-0.39, 0.29) is 11.4 Å². The Morgan fingerprint density at radius 3 is 2.55 bits per heavy atom. The number of aromatic amines is 1. The van der Waals surface area contributed by atoms with Gasteiger partial charge in [-0.05, 0) is 26.0 Å². The number of nitrogens with zero attached hydrogens (tertiary/aromatic N) is 4. The van der Waals surface area contributed by atoms with E-state index in [1.807, 2.05) is 44.2 Å². The van der Waals surface area contributed by atoms with Gasteiger partial charge in [-0.25, -0.2) is 9.97 Å². The van der Waals surface area contributed by atoms with Crippen LogP contribution >= 0.6 is 0 Å². The highest BCUT2D eigenvalue weighted by Gasteiger charge is 2.27. The number of benzene rings is 2. The topological polar surface area (TPSA) is 150 Å². The van der Waals surface area contributed by atoms with Crippen molar-refractivity contribution in [1.82, 2.24) is 19.5 Å². The number of anilines is 2. The molecule has 0 atom stereocenters. The number of fused-ring (bicyclic) bond motifs is 1. The highest BCUT2D eigenvalue weighted by Crippen LogP contribution is 2.39. The van der Waals surface area contributed by atoms with E-state index in [1.165, 1.54) is 10.9 Å². The molecule has 2 aromatic heterocycles. The van der Waals surface area contributed by atoms with Gasteiger partial charge >= 0.3 is 0 Å². The fraction of sp³-hybridized carbons (Fsp3) is 0.308. The van der Waals surface area contributed by atoms with Gasteiger partial charge in [0.2, 0.25) is 5.95 Å². The van der Waals surface area contributed by atoms with Gasteiger partial charge in [0, 0.05) is 25.2 Å². The van der Waals surface area contributed by atoms with Crippen LogP contribution < -0.4 is 25.4 Å². The van der Waals surface area contributed by atoms with Crippen LogP contribution in [-0.4, -0.2) is 70.9 Å². The third kappa shape index (κ3) is 4.85. The number of amides is 2. The van der Waals surface area contributed by atoms with E-state index in [0.717, 1.165) is 11.2 Å². The van der Waals surface area contributed by atoms with Gasteiger partial charge in [0.25, 0.3) is 11.8 Å². The molecule has 0 spiro atoms. The summed E-state index contributed by atoms with van der Waals surface area (Å²) in [6, 6.07) is 11.0. The van der Waals surface area contributed by atoms with E-state index >= 15 is 0 Å². The van der Waals surface area contributed by atoms with E-state index in [1.54, 1.807) is 6.07 Å². The fourth-order valence-corrected chi connectivity index (χ4v) is 4.39. The molecule has 0 aliphatic carbocycles. The fourth-order valence-electron chi connectivity index (χ4n) is 4.39. The first-order chi connectivity index (χ1) is 18.5. The van der Waals surface area contributed by atoms with Crippen LogP contribution in [0.2, 0.25) is 0 Å². The van der Waals surface area contributed by atoms with Crippen LogP contribution in [0.25, 0.3) is 17.0 Å². The lowest BCUT2D eigenvalue weighted by Gasteiger charge is -2.31. The van der Waals surface area contributed by atoms with Crippen LogP contribution in [0.4, 0.5) is 11.4 Å². The van der Waals surface area contributed by atoms with Gasteiger partial charge in [-0.2, -0.15) is 0 Å². The van der Waals surface area contributed by atoms with Crippen molar-refractivity contribution in [2.45, 2.75) is 13.8 Å². The van der Waals surface area contributed by atoms with Crippen molar-refractivity contribution < 1.29 is 23.8 Å². The monoisotopic (exact) mass is 519 g/mol. The molecule has 2 amide bonds. The van der Waals surface area contributed by atoms with Crippen molar-refractivity contribution in [2.24, 2.45) is 5.73 Å². The number of hydrogen-bond acceptors (Lipinski definition) is 8. The molecule has 0 unspecified atom stereocenters. The Morgan fingerprint density at radius 1 is 1.11 bits per heavy atom. The predicted molar refractivity (Wildman–Crippen MR) is 141 cm³/mol. The van der Waals surface area contributed by atoms with Crippen molar-refractivity contribution in [2.75, 3.05) is 49.7 Å². The maximum atomic E-state index is 13.7. The summed E-state index contributed by atoms with van der Waals surface area (Å²) in [7, 11) is 0. The number of morpholine rings is 1. The number of aromatic nitrogens is 4. The molecule has 1 fully saturated rings. The average Bonchev–Trinajstić information content (AvgIpc) is 3.55. The van der Waals surface area contributed by atoms with Crippen LogP contribution in [-0.2, 0) is 4.74 Å². The van der Waals surface area contributed by atoms with Gasteiger partial charge in [-0.1, -0.05) is 12.1 Å². The zero-order chi connectivity index (χ0) is 26.6. The van der Waals surface area contributed by atoms with E-state index < -0.39 is 11.8 Å². The summed E-state index contributed by atoms with van der Waals surface area (Å²) < 4.78 is 18.7. The first-order valence-corrected chi connectivity index (χ1v) is 12.4. The minimum atomic E-state index is -0.840. The molecule has 4 aromatic rings. The maximum Gasteiger partial charge on any atom is 0.275 e. The Labute approximate surface area is 218 Å². The minimum absolute atomic E-state index is 0.0609. The maximum absolute atomic E-state index is 13.7. The van der Waals surface area contributed by atoms with Crippen molar-refractivity contribution in [3.05, 3.63) is 54.1 Å². The molecular formula is C26H29N7O5. The number of nitrogens with two attached hydrogens (primary N) is 1. The number of hydrogen-bond donors (Lipinski definition) is 3. The normalized spacial score (nSPS) is 13.5. The summed E-state index contributed by atoms with van der Waals surface area (Å²) in [6.45, 7) is 7.19. The molecule has 0 saturated carbocycles. The lowest BCUT2D eigenvalue weighted by atomic mass is 10.2. The van der Waals surface area contributed by atoms with E-state index in [0.29, 0.717) is 68.2 Å². The summed E-state index contributed by atoms with van der Waals surface area (Å²) >= 11 is 0. The van der Waals surface area contributed by atoms with Crippen molar-refractivity contribution in [3.8, 4) is 17.4 Å². The number of carbonyl (C=O) groups is 2. The largest absolute Gasteiger partial charge is 0.492 e. The molecule has 198 valence electrons. The highest BCUT2D eigenvalue weighted by atomic mass is 16.5. The lowest BCUT2D eigenvalue weighted by Crippen LogP contribution is -2.36. The average molecular weight is 520 g/mol. The van der Waals surface area contributed by atoms with Crippen LogP contribution in [0, 0.1) is 0 Å². The summed E-state index contributed by atoms with van der Waals surface area (Å²) in [5.74, 6) is -0.0821. The molecule has 4 N–H and O–H groups in total. The van der Waals surface area contributed by atoms with Crippen LogP contribution in [0.3, 0.4) is 0 Å². The van der Waals surface area contributed by atoms with Crippen LogP contribution in [0.15, 0.2) is 42.7 Å². The lowest BCUT2D eigenvalue weighted by molar-refractivity contribution is 0.0970. The first kappa shape index (κ1) is 25.1. The van der Waals surface area contributed by atoms with Crippen molar-refractivity contribution in [3.63, 3.8) is 0 Å². The summed E-state index contributed by atoms with van der Waals surface area (Å²) in [5, 5.41) is 2.87. The molecule has 12 heteroatoms. The Bertz CT molecular complexity index is 1440. The number of primary amides is 1. The molecular weight excluding hydrogens is 490 g/mol. The summed E-state index contributed by atoms with van der Waals surface area (Å²) in [4.78, 5) is 39.8. The van der Waals surface area contributed by atoms with E-state index in [4.69, 9.17) is 19.9 Å². The summed E-state index contributed by atoms with van der Waals surface area (Å²) in [6.07, 6.45) is 1.34. The van der Waals surface area contributed by atoms with Gasteiger partial charge in [0.05, 0.1) is 48.8 Å². The number of ether oxygens (including phenoxy) is 3. The third-order valence-corrected chi connectivity index (χ3v) is 6.08. The van der Waals surface area contributed by atoms with Crippen LogP contribution in [0.1, 0.15) is 34.8 Å². The quantitative estimate of drug-likeness (QED) is 0.306. The van der Waals surface area contributed by atoms with Gasteiger partial charge in [0.1, 0.15) is 23.5 Å². The number of para-hydroxylation sites is 2. The molecule has 0 bridgehead atoms. The molecule has 3 heterocycles. The van der Waals surface area contributed by atoms with Crippen molar-refractivity contribution >= 4 is 34.2 Å². The smallest absolute Gasteiger partial charge is 0.275 e. The van der Waals surface area contributed by atoms with Gasteiger partial charge < -0.3 is 35.1 Å². The second-order valence-corrected chi connectivity index (χ2v) is 8.49. The number of nitrogens with one attached hydrogen (secondary N) is 2. The molecule has 1 saturated heterocycles. The Hall–Kier alpha value is -4.58. The second kappa shape index (κ2) is 10.8. The Kier molecular flexibility index (Phi) is 7.13. The molecule has 5 rings (SSSR count). The molecule has 0 radical (unpaired) electrons. The summed E-state index contributed by atoms with van der Waals surface area (Å²) in [5.41, 5.74) is 8.02. The van der Waals surface area contributed by atoms with Gasteiger partial charge in [0.15, 0.2) is 5.69 Å². The first-order valence-electron chi connectivity index (χ1n) is 12.4. The number of imidazole rings is 2.